The summed E-state index contributed by atoms with van der Waals surface area (Å²) in [5, 5.41) is 0.0988. The summed E-state index contributed by atoms with van der Waals surface area (Å²) in [5.74, 6) is -0.519. The fourth-order valence-corrected chi connectivity index (χ4v) is 2.03. The number of ether oxygens (including phenoxy) is 1. The summed E-state index contributed by atoms with van der Waals surface area (Å²) in [6.45, 7) is 0.859. The summed E-state index contributed by atoms with van der Waals surface area (Å²) in [5.41, 5.74) is 0.483. The normalized spacial score (nSPS) is 21.1. The molecule has 0 aliphatic carbocycles. The Bertz CT molecular complexity index is 406. The zero-order valence-electron chi connectivity index (χ0n) is 8.71. The number of carbonyl (C=O) groups is 1. The van der Waals surface area contributed by atoms with Crippen LogP contribution in [0.1, 0.15) is 12.0 Å². The number of ketones is 1. The molecule has 1 unspecified atom stereocenters. The molecule has 1 aliphatic heterocycles. The third-order valence-corrected chi connectivity index (χ3v) is 3.06. The zero-order chi connectivity index (χ0) is 11.5. The Kier molecular flexibility index (Phi) is 3.56. The summed E-state index contributed by atoms with van der Waals surface area (Å²) >= 11 is 5.68. The molecule has 0 amide bonds. The molecule has 86 valence electrons. The molecule has 1 atom stereocenters. The van der Waals surface area contributed by atoms with Crippen LogP contribution in [0.4, 0.5) is 4.39 Å². The first-order chi connectivity index (χ1) is 7.68. The van der Waals surface area contributed by atoms with Crippen LogP contribution in [-0.4, -0.2) is 19.0 Å². The maximum absolute atomic E-state index is 13.6. The van der Waals surface area contributed by atoms with Gasteiger partial charge >= 0.3 is 0 Å². The monoisotopic (exact) mass is 242 g/mol. The first-order valence-corrected chi connectivity index (χ1v) is 5.59. The standard InChI is InChI=1S/C12H12ClFO2/c13-10-3-1-2-8(12(10)14)6-9-7-16-5-4-11(9)15/h1-3,9H,4-7H2. The van der Waals surface area contributed by atoms with E-state index in [9.17, 15) is 9.18 Å². The quantitative estimate of drug-likeness (QED) is 0.797. The van der Waals surface area contributed by atoms with Crippen LogP contribution in [0.25, 0.3) is 0 Å². The molecule has 1 aliphatic rings. The maximum atomic E-state index is 13.6. The van der Waals surface area contributed by atoms with E-state index >= 15 is 0 Å². The molecule has 1 saturated heterocycles. The number of halogens is 2. The van der Waals surface area contributed by atoms with Crippen LogP contribution in [-0.2, 0) is 16.0 Å². The highest BCUT2D eigenvalue weighted by Crippen LogP contribution is 2.22. The summed E-state index contributed by atoms with van der Waals surface area (Å²) in [4.78, 5) is 11.6. The second kappa shape index (κ2) is 4.93. The van der Waals surface area contributed by atoms with Crippen molar-refractivity contribution in [3.8, 4) is 0 Å². The van der Waals surface area contributed by atoms with Crippen LogP contribution in [0.3, 0.4) is 0 Å². The van der Waals surface area contributed by atoms with E-state index in [-0.39, 0.29) is 16.7 Å². The van der Waals surface area contributed by atoms with E-state index in [1.807, 2.05) is 0 Å². The Morgan fingerprint density at radius 1 is 1.50 bits per heavy atom. The fraction of sp³-hybridized carbons (Fsp3) is 0.417. The van der Waals surface area contributed by atoms with Gasteiger partial charge in [0.1, 0.15) is 11.6 Å². The van der Waals surface area contributed by atoms with Crippen LogP contribution in [0.5, 0.6) is 0 Å². The molecule has 0 radical (unpaired) electrons. The second-order valence-electron chi connectivity index (χ2n) is 3.91. The molecular weight excluding hydrogens is 231 g/mol. The lowest BCUT2D eigenvalue weighted by Crippen LogP contribution is -2.29. The van der Waals surface area contributed by atoms with Gasteiger partial charge in [-0.25, -0.2) is 4.39 Å². The number of rotatable bonds is 2. The predicted molar refractivity (Wildman–Crippen MR) is 59.0 cm³/mol. The first-order valence-electron chi connectivity index (χ1n) is 5.22. The highest BCUT2D eigenvalue weighted by molar-refractivity contribution is 6.30. The number of hydrogen-bond acceptors (Lipinski definition) is 2. The average molecular weight is 243 g/mol. The van der Waals surface area contributed by atoms with Gasteiger partial charge in [-0.1, -0.05) is 23.7 Å². The van der Waals surface area contributed by atoms with Gasteiger partial charge in [0.05, 0.1) is 18.2 Å². The van der Waals surface area contributed by atoms with Crippen molar-refractivity contribution in [2.45, 2.75) is 12.8 Å². The Hall–Kier alpha value is -0.930. The molecule has 1 aromatic rings. The Balaban J connectivity index is 2.14. The summed E-state index contributed by atoms with van der Waals surface area (Å²) in [6.07, 6.45) is 0.790. The van der Waals surface area contributed by atoms with Crippen molar-refractivity contribution >= 4 is 17.4 Å². The third kappa shape index (κ3) is 2.42. The Morgan fingerprint density at radius 3 is 3.06 bits per heavy atom. The fourth-order valence-electron chi connectivity index (χ4n) is 1.84. The molecular formula is C12H12ClFO2. The highest BCUT2D eigenvalue weighted by Gasteiger charge is 2.24. The second-order valence-corrected chi connectivity index (χ2v) is 4.31. The zero-order valence-corrected chi connectivity index (χ0v) is 9.47. The van der Waals surface area contributed by atoms with E-state index in [2.05, 4.69) is 0 Å². The molecule has 0 N–H and O–H groups in total. The van der Waals surface area contributed by atoms with Crippen LogP contribution in [0.2, 0.25) is 5.02 Å². The van der Waals surface area contributed by atoms with Crippen molar-refractivity contribution in [2.75, 3.05) is 13.2 Å². The van der Waals surface area contributed by atoms with Gasteiger partial charge < -0.3 is 4.74 Å². The Labute approximate surface area is 98.4 Å². The van der Waals surface area contributed by atoms with Gasteiger partial charge in [-0.05, 0) is 18.1 Å². The van der Waals surface area contributed by atoms with E-state index in [0.29, 0.717) is 31.6 Å². The third-order valence-electron chi connectivity index (χ3n) is 2.77. The summed E-state index contributed by atoms with van der Waals surface area (Å²) in [6, 6.07) is 4.84. The number of carbonyl (C=O) groups excluding carboxylic acids is 1. The Morgan fingerprint density at radius 2 is 2.31 bits per heavy atom. The minimum absolute atomic E-state index is 0.0988. The van der Waals surface area contributed by atoms with Gasteiger partial charge in [0.2, 0.25) is 0 Å². The van der Waals surface area contributed by atoms with E-state index in [1.165, 1.54) is 6.07 Å². The number of hydrogen-bond donors (Lipinski definition) is 0. The van der Waals surface area contributed by atoms with Gasteiger partial charge in [0.15, 0.2) is 0 Å². The molecule has 4 heteroatoms. The molecule has 1 fully saturated rings. The van der Waals surface area contributed by atoms with Crippen LogP contribution >= 0.6 is 11.6 Å². The van der Waals surface area contributed by atoms with Crippen molar-refractivity contribution in [1.82, 2.24) is 0 Å². The topological polar surface area (TPSA) is 26.3 Å². The van der Waals surface area contributed by atoms with Gasteiger partial charge in [-0.3, -0.25) is 4.79 Å². The van der Waals surface area contributed by atoms with Gasteiger partial charge in [0.25, 0.3) is 0 Å². The number of Topliss-reactive ketones (excluding diaryl/α,β-unsaturated/α-hetero) is 1. The van der Waals surface area contributed by atoms with Crippen molar-refractivity contribution in [1.29, 1.82) is 0 Å². The van der Waals surface area contributed by atoms with Gasteiger partial charge in [0, 0.05) is 12.3 Å². The van der Waals surface area contributed by atoms with E-state index in [1.54, 1.807) is 12.1 Å². The van der Waals surface area contributed by atoms with Crippen LogP contribution in [0, 0.1) is 11.7 Å². The maximum Gasteiger partial charge on any atom is 0.144 e. The molecule has 16 heavy (non-hydrogen) atoms. The molecule has 1 heterocycles. The van der Waals surface area contributed by atoms with Crippen LogP contribution in [0.15, 0.2) is 18.2 Å². The minimum atomic E-state index is -0.428. The molecule has 0 bridgehead atoms. The largest absolute Gasteiger partial charge is 0.380 e. The predicted octanol–water partition coefficient (Wildman–Crippen LogP) is 2.63. The molecule has 0 aromatic heterocycles. The van der Waals surface area contributed by atoms with E-state index in [4.69, 9.17) is 16.3 Å². The minimum Gasteiger partial charge on any atom is -0.380 e. The average Bonchev–Trinajstić information content (AvgIpc) is 2.28. The van der Waals surface area contributed by atoms with E-state index in [0.717, 1.165) is 0 Å². The van der Waals surface area contributed by atoms with Crippen molar-refractivity contribution < 1.29 is 13.9 Å². The van der Waals surface area contributed by atoms with Gasteiger partial charge in [-0.2, -0.15) is 0 Å². The molecule has 0 saturated carbocycles. The highest BCUT2D eigenvalue weighted by atomic mass is 35.5. The molecule has 2 rings (SSSR count). The van der Waals surface area contributed by atoms with Gasteiger partial charge in [-0.15, -0.1) is 0 Å². The van der Waals surface area contributed by atoms with Crippen molar-refractivity contribution in [2.24, 2.45) is 5.92 Å². The van der Waals surface area contributed by atoms with E-state index < -0.39 is 5.82 Å². The SMILES string of the molecule is O=C1CCOCC1Cc1cccc(Cl)c1F. The lowest BCUT2D eigenvalue weighted by atomic mass is 9.93. The lowest BCUT2D eigenvalue weighted by Gasteiger charge is -2.21. The van der Waals surface area contributed by atoms with Crippen molar-refractivity contribution in [3.63, 3.8) is 0 Å². The molecule has 1 aromatic carbocycles. The van der Waals surface area contributed by atoms with Crippen molar-refractivity contribution in [3.05, 3.63) is 34.6 Å². The summed E-state index contributed by atoms with van der Waals surface area (Å²) < 4.78 is 18.8. The number of benzene rings is 1. The lowest BCUT2D eigenvalue weighted by molar-refractivity contribution is -0.130. The molecule has 0 spiro atoms. The summed E-state index contributed by atoms with van der Waals surface area (Å²) in [7, 11) is 0. The molecule has 2 nitrogen and oxygen atoms in total. The smallest absolute Gasteiger partial charge is 0.144 e. The first kappa shape index (κ1) is 11.6. The van der Waals surface area contributed by atoms with Crippen LogP contribution < -0.4 is 0 Å².